The van der Waals surface area contributed by atoms with Crippen molar-refractivity contribution in [2.24, 2.45) is 5.14 Å². The number of nitrogens with two attached hydrogens (primary N) is 1. The number of ether oxygens (including phenoxy) is 1. The molecule has 2 atom stereocenters. The molecule has 1 saturated carbocycles. The summed E-state index contributed by atoms with van der Waals surface area (Å²) in [5, 5.41) is 9.29. The highest BCUT2D eigenvalue weighted by Crippen LogP contribution is 2.37. The third-order valence-corrected chi connectivity index (χ3v) is 5.72. The summed E-state index contributed by atoms with van der Waals surface area (Å²) in [7, 11) is -2.45. The summed E-state index contributed by atoms with van der Waals surface area (Å²) in [5.41, 5.74) is 0.282. The Bertz CT molecular complexity index is 883. The van der Waals surface area contributed by atoms with Gasteiger partial charge in [0, 0.05) is 13.0 Å². The van der Waals surface area contributed by atoms with Crippen LogP contribution in [0.1, 0.15) is 49.4 Å². The zero-order chi connectivity index (χ0) is 18.9. The van der Waals surface area contributed by atoms with Crippen LogP contribution in [0.2, 0.25) is 0 Å². The molecule has 1 aromatic carbocycles. The minimum absolute atomic E-state index is 0.133. The van der Waals surface area contributed by atoms with Gasteiger partial charge in [0.15, 0.2) is 0 Å². The summed E-state index contributed by atoms with van der Waals surface area (Å²) in [6.07, 6.45) is 0.611. The van der Waals surface area contributed by atoms with Crippen LogP contribution in [0, 0.1) is 0 Å². The van der Waals surface area contributed by atoms with Crippen molar-refractivity contribution in [3.05, 3.63) is 41.7 Å². The number of hydrogen-bond donors (Lipinski definition) is 1. The quantitative estimate of drug-likeness (QED) is 0.857. The fourth-order valence-electron chi connectivity index (χ4n) is 3.57. The SMILES string of the molecule is COC1CCCCC1c1cc(C(F)F)nn1-c1ccccc1S(N)(=O)=O. The zero-order valence-electron chi connectivity index (χ0n) is 14.3. The van der Waals surface area contributed by atoms with Crippen LogP contribution in [0.25, 0.3) is 5.69 Å². The molecule has 6 nitrogen and oxygen atoms in total. The van der Waals surface area contributed by atoms with Crippen molar-refractivity contribution in [2.75, 3.05) is 7.11 Å². The lowest BCUT2D eigenvalue weighted by atomic mass is 9.84. The number of benzene rings is 1. The van der Waals surface area contributed by atoms with Crippen molar-refractivity contribution >= 4 is 10.0 Å². The molecule has 1 heterocycles. The van der Waals surface area contributed by atoms with Crippen molar-refractivity contribution in [3.8, 4) is 5.69 Å². The van der Waals surface area contributed by atoms with E-state index in [1.807, 2.05) is 0 Å². The van der Waals surface area contributed by atoms with Crippen molar-refractivity contribution < 1.29 is 21.9 Å². The van der Waals surface area contributed by atoms with E-state index in [1.165, 1.54) is 28.9 Å². The van der Waals surface area contributed by atoms with E-state index in [4.69, 9.17) is 9.88 Å². The van der Waals surface area contributed by atoms with Crippen LogP contribution >= 0.6 is 0 Å². The molecule has 1 aliphatic carbocycles. The van der Waals surface area contributed by atoms with Gasteiger partial charge >= 0.3 is 0 Å². The van der Waals surface area contributed by atoms with Gasteiger partial charge in [0.1, 0.15) is 10.6 Å². The van der Waals surface area contributed by atoms with Crippen LogP contribution in [-0.4, -0.2) is 31.4 Å². The molecule has 2 unspecified atom stereocenters. The second-order valence-corrected chi connectivity index (χ2v) is 7.91. The summed E-state index contributed by atoms with van der Waals surface area (Å²) < 4.78 is 57.3. The third-order valence-electron chi connectivity index (χ3n) is 4.76. The number of rotatable bonds is 5. The molecule has 9 heteroatoms. The first kappa shape index (κ1) is 18.9. The van der Waals surface area contributed by atoms with E-state index in [1.54, 1.807) is 13.2 Å². The lowest BCUT2D eigenvalue weighted by molar-refractivity contribution is 0.0504. The maximum Gasteiger partial charge on any atom is 0.282 e. The Hall–Kier alpha value is -1.84. The smallest absolute Gasteiger partial charge is 0.282 e. The molecule has 1 aromatic heterocycles. The van der Waals surface area contributed by atoms with Crippen LogP contribution in [0.5, 0.6) is 0 Å². The van der Waals surface area contributed by atoms with Crippen LogP contribution in [0.4, 0.5) is 8.78 Å². The third kappa shape index (κ3) is 3.65. The molecule has 0 saturated heterocycles. The number of methoxy groups -OCH3 is 1. The first-order valence-corrected chi connectivity index (χ1v) is 9.90. The molecule has 142 valence electrons. The molecule has 0 radical (unpaired) electrons. The standard InChI is InChI=1S/C17H21F2N3O3S/c1-25-15-8-4-2-6-11(15)14-10-12(17(18)19)21-22(14)13-7-3-5-9-16(13)26(20,23)24/h3,5,7,9-11,15,17H,2,4,6,8H2,1H3,(H2,20,23,24). The van der Waals surface area contributed by atoms with E-state index in [9.17, 15) is 17.2 Å². The topological polar surface area (TPSA) is 87.2 Å². The van der Waals surface area contributed by atoms with E-state index in [2.05, 4.69) is 5.10 Å². The van der Waals surface area contributed by atoms with Crippen molar-refractivity contribution in [2.45, 2.75) is 49.0 Å². The van der Waals surface area contributed by atoms with Gasteiger partial charge in [0.2, 0.25) is 10.0 Å². The van der Waals surface area contributed by atoms with Crippen molar-refractivity contribution in [1.82, 2.24) is 9.78 Å². The molecular weight excluding hydrogens is 364 g/mol. The monoisotopic (exact) mass is 385 g/mol. The summed E-state index contributed by atoms with van der Waals surface area (Å²) >= 11 is 0. The van der Waals surface area contributed by atoms with Crippen LogP contribution < -0.4 is 5.14 Å². The first-order valence-electron chi connectivity index (χ1n) is 8.36. The van der Waals surface area contributed by atoms with Gasteiger partial charge in [-0.3, -0.25) is 0 Å². The lowest BCUT2D eigenvalue weighted by Gasteiger charge is -2.31. The highest BCUT2D eigenvalue weighted by Gasteiger charge is 2.32. The van der Waals surface area contributed by atoms with E-state index in [0.717, 1.165) is 25.7 Å². The second kappa shape index (κ2) is 7.42. The molecule has 0 aliphatic heterocycles. The summed E-state index contributed by atoms with van der Waals surface area (Å²) in [6.45, 7) is 0. The average molecular weight is 385 g/mol. The van der Waals surface area contributed by atoms with Gasteiger partial charge in [0.25, 0.3) is 6.43 Å². The molecule has 26 heavy (non-hydrogen) atoms. The molecule has 2 aromatic rings. The fourth-order valence-corrected chi connectivity index (χ4v) is 4.28. The number of primary sulfonamides is 1. The number of sulfonamides is 1. The Morgan fingerprint density at radius 2 is 1.96 bits per heavy atom. The van der Waals surface area contributed by atoms with Gasteiger partial charge in [-0.1, -0.05) is 25.0 Å². The highest BCUT2D eigenvalue weighted by atomic mass is 32.2. The molecular formula is C17H21F2N3O3S. The minimum atomic E-state index is -4.04. The molecule has 0 bridgehead atoms. The minimum Gasteiger partial charge on any atom is -0.381 e. The Balaban J connectivity index is 2.19. The lowest BCUT2D eigenvalue weighted by Crippen LogP contribution is -2.27. The van der Waals surface area contributed by atoms with Gasteiger partial charge in [-0.25, -0.2) is 27.0 Å². The van der Waals surface area contributed by atoms with E-state index in [0.29, 0.717) is 5.69 Å². The fraction of sp³-hybridized carbons (Fsp3) is 0.471. The maximum atomic E-state index is 13.3. The largest absolute Gasteiger partial charge is 0.381 e. The second-order valence-electron chi connectivity index (χ2n) is 6.38. The number of aromatic nitrogens is 2. The van der Waals surface area contributed by atoms with Gasteiger partial charge < -0.3 is 4.74 Å². The zero-order valence-corrected chi connectivity index (χ0v) is 15.1. The van der Waals surface area contributed by atoms with Gasteiger partial charge in [-0.05, 0) is 31.0 Å². The number of hydrogen-bond acceptors (Lipinski definition) is 4. The molecule has 1 fully saturated rings. The Morgan fingerprint density at radius 1 is 1.27 bits per heavy atom. The van der Waals surface area contributed by atoms with Gasteiger partial charge in [0.05, 0.1) is 17.5 Å². The van der Waals surface area contributed by atoms with E-state index >= 15 is 0 Å². The Kier molecular flexibility index (Phi) is 5.40. The number of halogens is 2. The highest BCUT2D eigenvalue weighted by molar-refractivity contribution is 7.89. The normalized spacial score (nSPS) is 21.3. The molecule has 3 rings (SSSR count). The summed E-state index contributed by atoms with van der Waals surface area (Å²) in [4.78, 5) is -0.157. The summed E-state index contributed by atoms with van der Waals surface area (Å²) in [6, 6.07) is 7.33. The predicted molar refractivity (Wildman–Crippen MR) is 91.9 cm³/mol. The first-order chi connectivity index (χ1) is 12.3. The number of alkyl halides is 2. The average Bonchev–Trinajstić information content (AvgIpc) is 3.06. The Labute approximate surface area is 151 Å². The van der Waals surface area contributed by atoms with E-state index in [-0.39, 0.29) is 22.6 Å². The number of para-hydroxylation sites is 1. The maximum absolute atomic E-state index is 13.3. The molecule has 1 aliphatic rings. The van der Waals surface area contributed by atoms with Gasteiger partial charge in [-0.15, -0.1) is 0 Å². The van der Waals surface area contributed by atoms with Crippen LogP contribution in [-0.2, 0) is 14.8 Å². The number of nitrogens with zero attached hydrogens (tertiary/aromatic N) is 2. The molecule has 0 spiro atoms. The van der Waals surface area contributed by atoms with E-state index < -0.39 is 22.1 Å². The van der Waals surface area contributed by atoms with Crippen LogP contribution in [0.3, 0.4) is 0 Å². The van der Waals surface area contributed by atoms with Crippen molar-refractivity contribution in [3.63, 3.8) is 0 Å². The van der Waals surface area contributed by atoms with Crippen molar-refractivity contribution in [1.29, 1.82) is 0 Å². The predicted octanol–water partition coefficient (Wildman–Crippen LogP) is 3.13. The van der Waals surface area contributed by atoms with Gasteiger partial charge in [-0.2, -0.15) is 5.10 Å². The molecule has 0 amide bonds. The summed E-state index contributed by atoms with van der Waals surface area (Å²) in [5.74, 6) is -0.151. The molecule has 2 N–H and O–H groups in total. The Morgan fingerprint density at radius 3 is 2.62 bits per heavy atom. The van der Waals surface area contributed by atoms with Crippen LogP contribution in [0.15, 0.2) is 35.2 Å².